The quantitative estimate of drug-likeness (QED) is 0.299. The summed E-state index contributed by atoms with van der Waals surface area (Å²) >= 11 is 5.87. The number of pyridine rings is 3. The number of benzene rings is 1. The number of aromatic nitrogens is 7. The first-order valence-electron chi connectivity index (χ1n) is 12.7. The van der Waals surface area contributed by atoms with Gasteiger partial charge in [-0.25, -0.2) is 24.6 Å². The van der Waals surface area contributed by atoms with Crippen molar-refractivity contribution in [3.63, 3.8) is 0 Å². The van der Waals surface area contributed by atoms with Crippen LogP contribution in [0.5, 0.6) is 0 Å². The Hall–Kier alpha value is -5.09. The Labute approximate surface area is 233 Å². The first kappa shape index (κ1) is 24.0. The van der Waals surface area contributed by atoms with E-state index < -0.39 is 0 Å². The number of hydrogen-bond donors (Lipinski definition) is 2. The molecule has 196 valence electrons. The van der Waals surface area contributed by atoms with Crippen LogP contribution in [0.25, 0.3) is 34.1 Å². The second kappa shape index (κ2) is 9.58. The highest BCUT2D eigenvalue weighted by Gasteiger charge is 2.26. The number of amides is 1. The van der Waals surface area contributed by atoms with Crippen LogP contribution in [0.1, 0.15) is 33.9 Å². The second-order valence-corrected chi connectivity index (χ2v) is 9.87. The number of anilines is 1. The van der Waals surface area contributed by atoms with Gasteiger partial charge < -0.3 is 11.1 Å². The van der Waals surface area contributed by atoms with Crippen LogP contribution >= 0.6 is 11.6 Å². The minimum atomic E-state index is -0.184. The molecule has 1 atom stereocenters. The molecule has 0 radical (unpaired) electrons. The molecule has 0 fully saturated rings. The highest BCUT2D eigenvalue weighted by molar-refractivity contribution is 6.29. The molecule has 0 saturated carbocycles. The summed E-state index contributed by atoms with van der Waals surface area (Å²) < 4.78 is 3.71. The average Bonchev–Trinajstić information content (AvgIpc) is 3.72. The molecule has 1 aliphatic rings. The number of nitrogen functional groups attached to an aromatic ring is 1. The van der Waals surface area contributed by atoms with Crippen LogP contribution in [-0.2, 0) is 6.42 Å². The minimum absolute atomic E-state index is 0.107. The van der Waals surface area contributed by atoms with Crippen LogP contribution in [-0.4, -0.2) is 40.2 Å². The van der Waals surface area contributed by atoms with Crippen molar-refractivity contribution in [3.05, 3.63) is 107 Å². The number of carbonyl (C=O) groups is 1. The summed E-state index contributed by atoms with van der Waals surface area (Å²) in [6.07, 6.45) is 8.31. The second-order valence-electron chi connectivity index (χ2n) is 9.49. The molecule has 11 heteroatoms. The van der Waals surface area contributed by atoms with Gasteiger partial charge in [0.25, 0.3) is 5.91 Å². The zero-order valence-corrected chi connectivity index (χ0v) is 21.8. The Morgan fingerprint density at radius 1 is 1.02 bits per heavy atom. The lowest BCUT2D eigenvalue weighted by molar-refractivity contribution is 0.0936. The van der Waals surface area contributed by atoms with Gasteiger partial charge in [0, 0.05) is 30.5 Å². The van der Waals surface area contributed by atoms with Gasteiger partial charge in [-0.1, -0.05) is 17.7 Å². The van der Waals surface area contributed by atoms with E-state index in [0.717, 1.165) is 35.2 Å². The van der Waals surface area contributed by atoms with Gasteiger partial charge in [0.15, 0.2) is 17.3 Å². The molecule has 3 N–H and O–H groups in total. The maximum Gasteiger partial charge on any atom is 0.253 e. The third-order valence-electron chi connectivity index (χ3n) is 7.07. The SMILES string of the molecule is Nc1ncccc1-c1nc2ccc(-n3cccn3)nc2n1-c1ccc2c(c1)CC[C@@H]2NC(=O)c1ccc(Cl)nc1. The van der Waals surface area contributed by atoms with Crippen molar-refractivity contribution < 1.29 is 4.79 Å². The lowest BCUT2D eigenvalue weighted by Crippen LogP contribution is -2.27. The van der Waals surface area contributed by atoms with Crippen LogP contribution < -0.4 is 11.1 Å². The molecule has 1 amide bonds. The molecule has 5 aromatic heterocycles. The van der Waals surface area contributed by atoms with Crippen LogP contribution in [0.4, 0.5) is 5.82 Å². The molecule has 0 spiro atoms. The van der Waals surface area contributed by atoms with Gasteiger partial charge in [-0.2, -0.15) is 5.10 Å². The van der Waals surface area contributed by atoms with Crippen LogP contribution in [0.15, 0.2) is 85.5 Å². The van der Waals surface area contributed by atoms with E-state index in [1.54, 1.807) is 29.2 Å². The molecule has 10 nitrogen and oxygen atoms in total. The fraction of sp³-hybridized carbons (Fsp3) is 0.103. The van der Waals surface area contributed by atoms with Crippen molar-refractivity contribution in [2.24, 2.45) is 0 Å². The fourth-order valence-corrected chi connectivity index (χ4v) is 5.27. The largest absolute Gasteiger partial charge is 0.383 e. The van der Waals surface area contributed by atoms with E-state index in [1.807, 2.05) is 47.2 Å². The maximum absolute atomic E-state index is 12.8. The Balaban J connectivity index is 1.31. The Kier molecular flexibility index (Phi) is 5.75. The van der Waals surface area contributed by atoms with Crippen molar-refractivity contribution in [1.82, 2.24) is 39.6 Å². The average molecular weight is 548 g/mol. The smallest absolute Gasteiger partial charge is 0.253 e. The number of hydrogen-bond acceptors (Lipinski definition) is 7. The first-order valence-corrected chi connectivity index (χ1v) is 13.1. The van der Waals surface area contributed by atoms with Crippen molar-refractivity contribution in [3.8, 4) is 22.9 Å². The number of halogens is 1. The highest BCUT2D eigenvalue weighted by Crippen LogP contribution is 2.36. The third kappa shape index (κ3) is 4.15. The van der Waals surface area contributed by atoms with E-state index >= 15 is 0 Å². The number of nitrogens with one attached hydrogen (secondary N) is 1. The zero-order chi connectivity index (χ0) is 27.2. The van der Waals surface area contributed by atoms with E-state index in [2.05, 4.69) is 32.5 Å². The van der Waals surface area contributed by atoms with E-state index in [0.29, 0.717) is 39.4 Å². The predicted molar refractivity (Wildman–Crippen MR) is 151 cm³/mol. The maximum atomic E-state index is 12.8. The van der Waals surface area contributed by atoms with Crippen molar-refractivity contribution in [2.45, 2.75) is 18.9 Å². The molecule has 1 aromatic carbocycles. The number of carbonyl (C=O) groups excluding carboxylic acids is 1. The molecule has 0 unspecified atom stereocenters. The summed E-state index contributed by atoms with van der Waals surface area (Å²) in [5.41, 5.74) is 12.0. The van der Waals surface area contributed by atoms with E-state index in [1.165, 1.54) is 6.20 Å². The molecule has 7 rings (SSSR count). The molecule has 5 heterocycles. The number of rotatable bonds is 5. The summed E-state index contributed by atoms with van der Waals surface area (Å²) in [6.45, 7) is 0. The van der Waals surface area contributed by atoms with Gasteiger partial charge in [0.05, 0.1) is 17.2 Å². The molecule has 0 saturated heterocycles. The predicted octanol–water partition coefficient (Wildman–Crippen LogP) is 4.72. The Bertz CT molecular complexity index is 1880. The molecule has 40 heavy (non-hydrogen) atoms. The van der Waals surface area contributed by atoms with Crippen LogP contribution in [0.2, 0.25) is 5.15 Å². The molecule has 1 aliphatic carbocycles. The number of nitrogens with zero attached hydrogens (tertiary/aromatic N) is 7. The number of aryl methyl sites for hydroxylation is 1. The minimum Gasteiger partial charge on any atom is -0.383 e. The van der Waals surface area contributed by atoms with Crippen molar-refractivity contribution >= 4 is 34.5 Å². The topological polar surface area (TPSA) is 129 Å². The van der Waals surface area contributed by atoms with Crippen LogP contribution in [0.3, 0.4) is 0 Å². The lowest BCUT2D eigenvalue weighted by atomic mass is 10.1. The summed E-state index contributed by atoms with van der Waals surface area (Å²) in [5.74, 6) is 1.51. The first-order chi connectivity index (χ1) is 19.5. The van der Waals surface area contributed by atoms with E-state index in [-0.39, 0.29) is 11.9 Å². The van der Waals surface area contributed by atoms with Crippen LogP contribution in [0, 0.1) is 0 Å². The molecule has 0 aliphatic heterocycles. The monoisotopic (exact) mass is 547 g/mol. The van der Waals surface area contributed by atoms with E-state index in [9.17, 15) is 4.79 Å². The lowest BCUT2D eigenvalue weighted by Gasteiger charge is -2.16. The van der Waals surface area contributed by atoms with Crippen molar-refractivity contribution in [2.75, 3.05) is 5.73 Å². The summed E-state index contributed by atoms with van der Waals surface area (Å²) in [4.78, 5) is 31.0. The number of imidazole rings is 1. The van der Waals surface area contributed by atoms with E-state index in [4.69, 9.17) is 27.3 Å². The van der Waals surface area contributed by atoms with Gasteiger partial charge in [0.2, 0.25) is 0 Å². The van der Waals surface area contributed by atoms with Crippen molar-refractivity contribution in [1.29, 1.82) is 0 Å². The number of fused-ring (bicyclic) bond motifs is 2. The normalized spacial score (nSPS) is 14.4. The molecule has 6 aromatic rings. The standard InChI is InChI=1S/C29H22ClN9O/c30-24-10-5-18(16-33-24)29(40)36-22-8-4-17-15-19(6-7-20(17)22)39-27(21-3-1-12-32-26(21)31)35-23-9-11-25(37-28(23)39)38-14-2-13-34-38/h1-3,5-7,9-16,22H,4,8H2,(H2,31,32)(H,36,40)/t22-/m0/s1. The summed E-state index contributed by atoms with van der Waals surface area (Å²) in [6, 6.07) is 18.8. The molecular weight excluding hydrogens is 526 g/mol. The van der Waals surface area contributed by atoms with Gasteiger partial charge in [-0.15, -0.1) is 0 Å². The van der Waals surface area contributed by atoms with Gasteiger partial charge in [-0.05, 0) is 78.6 Å². The third-order valence-corrected chi connectivity index (χ3v) is 7.29. The summed E-state index contributed by atoms with van der Waals surface area (Å²) in [7, 11) is 0. The fourth-order valence-electron chi connectivity index (χ4n) is 5.16. The molecule has 0 bridgehead atoms. The highest BCUT2D eigenvalue weighted by atomic mass is 35.5. The van der Waals surface area contributed by atoms with Gasteiger partial charge in [0.1, 0.15) is 16.5 Å². The van der Waals surface area contributed by atoms with Gasteiger partial charge in [-0.3, -0.25) is 9.36 Å². The zero-order valence-electron chi connectivity index (χ0n) is 21.1. The summed E-state index contributed by atoms with van der Waals surface area (Å²) in [5, 5.41) is 7.81. The molecular formula is C29H22ClN9O. The number of nitrogens with two attached hydrogens (primary N) is 1. The van der Waals surface area contributed by atoms with Gasteiger partial charge >= 0.3 is 0 Å². The Morgan fingerprint density at radius 3 is 2.75 bits per heavy atom. The Morgan fingerprint density at radius 2 is 1.95 bits per heavy atom.